The molecule has 1 atom stereocenters. The topological polar surface area (TPSA) is 53.4 Å². The predicted octanol–water partition coefficient (Wildman–Crippen LogP) is 2.58. The van der Waals surface area contributed by atoms with Gasteiger partial charge < -0.3 is 10.2 Å². The molecule has 0 spiro atoms. The highest BCUT2D eigenvalue weighted by Gasteiger charge is 2.06. The fourth-order valence-corrected chi connectivity index (χ4v) is 3.15. The normalized spacial score (nSPS) is 12.8. The molecule has 0 aliphatic heterocycles. The van der Waals surface area contributed by atoms with Crippen molar-refractivity contribution in [3.05, 3.63) is 40.5 Å². The molecule has 1 aromatic carbocycles. The monoisotopic (exact) mass is 327 g/mol. The molecule has 5 heteroatoms. The molecule has 2 N–H and O–H groups in total. The van der Waals surface area contributed by atoms with Gasteiger partial charge in [-0.05, 0) is 23.8 Å². The van der Waals surface area contributed by atoms with Crippen LogP contribution in [0.3, 0.4) is 0 Å². The van der Waals surface area contributed by atoms with Crippen molar-refractivity contribution in [2.75, 3.05) is 12.4 Å². The van der Waals surface area contributed by atoms with Gasteiger partial charge in [0, 0.05) is 27.6 Å². The van der Waals surface area contributed by atoms with Crippen LogP contribution in [0, 0.1) is 0 Å². The average Bonchev–Trinajstić information content (AvgIpc) is 2.38. The van der Waals surface area contributed by atoms with Gasteiger partial charge in [0.15, 0.2) is 0 Å². The Bertz CT molecular complexity index is 535. The third-order valence-electron chi connectivity index (χ3n) is 2.53. The van der Waals surface area contributed by atoms with E-state index in [-0.39, 0.29) is 6.61 Å². The fourth-order valence-electron chi connectivity index (χ4n) is 1.70. The van der Waals surface area contributed by atoms with Crippen LogP contribution in [0.25, 0.3) is 10.9 Å². The summed E-state index contributed by atoms with van der Waals surface area (Å²) in [6.07, 6.45) is 1.13. The molecule has 1 aromatic heterocycles. The summed E-state index contributed by atoms with van der Waals surface area (Å²) < 4.78 is 1.03. The number of halogens is 1. The van der Waals surface area contributed by atoms with Crippen LogP contribution >= 0.6 is 27.7 Å². The number of pyridine rings is 1. The first-order valence-corrected chi connectivity index (χ1v) is 7.55. The maximum atomic E-state index is 9.31. The van der Waals surface area contributed by atoms with Crippen molar-refractivity contribution in [3.8, 4) is 0 Å². The van der Waals surface area contributed by atoms with Gasteiger partial charge in [-0.25, -0.2) is 0 Å². The smallest absolute Gasteiger partial charge is 0.0861 e. The zero-order chi connectivity index (χ0) is 13.0. The van der Waals surface area contributed by atoms with E-state index in [4.69, 9.17) is 5.11 Å². The maximum absolute atomic E-state index is 9.31. The van der Waals surface area contributed by atoms with Crippen LogP contribution in [0.15, 0.2) is 34.9 Å². The average molecular weight is 328 g/mol. The van der Waals surface area contributed by atoms with Crippen LogP contribution in [0.5, 0.6) is 0 Å². The van der Waals surface area contributed by atoms with Gasteiger partial charge in [-0.2, -0.15) is 11.8 Å². The highest BCUT2D eigenvalue weighted by Crippen LogP contribution is 2.25. The number of thioether (sulfide) groups is 1. The molecule has 0 aliphatic rings. The van der Waals surface area contributed by atoms with E-state index in [2.05, 4.69) is 20.9 Å². The van der Waals surface area contributed by atoms with E-state index in [0.29, 0.717) is 5.75 Å². The number of hydrogen-bond acceptors (Lipinski definition) is 4. The lowest BCUT2D eigenvalue weighted by Crippen LogP contribution is -2.14. The van der Waals surface area contributed by atoms with E-state index in [1.54, 1.807) is 18.0 Å². The second kappa shape index (κ2) is 6.52. The molecular formula is C13H14BrNO2S. The maximum Gasteiger partial charge on any atom is 0.0861 e. The second-order valence-corrected chi connectivity index (χ2v) is 5.94. The second-order valence-electron chi connectivity index (χ2n) is 3.99. The van der Waals surface area contributed by atoms with E-state index in [1.807, 2.05) is 24.3 Å². The molecule has 18 heavy (non-hydrogen) atoms. The summed E-state index contributed by atoms with van der Waals surface area (Å²) >= 11 is 5.08. The van der Waals surface area contributed by atoms with Gasteiger partial charge in [-0.1, -0.05) is 22.0 Å². The SMILES string of the molecule is OC[C@H](O)CSCc1cc(Br)cc2cccnc12. The van der Waals surface area contributed by atoms with E-state index < -0.39 is 6.10 Å². The van der Waals surface area contributed by atoms with Gasteiger partial charge in [-0.15, -0.1) is 0 Å². The molecule has 0 radical (unpaired) electrons. The lowest BCUT2D eigenvalue weighted by molar-refractivity contribution is 0.113. The quantitative estimate of drug-likeness (QED) is 0.886. The Hall–Kier alpha value is -0.620. The van der Waals surface area contributed by atoms with E-state index >= 15 is 0 Å². The zero-order valence-electron chi connectivity index (χ0n) is 9.71. The summed E-state index contributed by atoms with van der Waals surface area (Å²) in [5.74, 6) is 1.29. The predicted molar refractivity (Wildman–Crippen MR) is 78.7 cm³/mol. The Morgan fingerprint density at radius 2 is 2.22 bits per heavy atom. The third-order valence-corrected chi connectivity index (χ3v) is 4.12. The van der Waals surface area contributed by atoms with Gasteiger partial charge >= 0.3 is 0 Å². The molecule has 0 aliphatic carbocycles. The largest absolute Gasteiger partial charge is 0.394 e. The number of rotatable bonds is 5. The van der Waals surface area contributed by atoms with Gasteiger partial charge in [0.25, 0.3) is 0 Å². The molecule has 3 nitrogen and oxygen atoms in total. The van der Waals surface area contributed by atoms with E-state index in [9.17, 15) is 5.11 Å². The van der Waals surface area contributed by atoms with Crippen molar-refractivity contribution in [2.45, 2.75) is 11.9 Å². The van der Waals surface area contributed by atoms with Crippen molar-refractivity contribution < 1.29 is 10.2 Å². The minimum Gasteiger partial charge on any atom is -0.394 e. The van der Waals surface area contributed by atoms with Crippen LogP contribution in [0.2, 0.25) is 0 Å². The highest BCUT2D eigenvalue weighted by molar-refractivity contribution is 9.10. The van der Waals surface area contributed by atoms with Crippen molar-refractivity contribution in [3.63, 3.8) is 0 Å². The molecule has 2 aromatic rings. The van der Waals surface area contributed by atoms with Crippen LogP contribution in [0.4, 0.5) is 0 Å². The molecule has 0 bridgehead atoms. The Morgan fingerprint density at radius 3 is 3.00 bits per heavy atom. The minimum absolute atomic E-state index is 0.190. The molecule has 2 rings (SSSR count). The van der Waals surface area contributed by atoms with Crippen LogP contribution in [0.1, 0.15) is 5.56 Å². The van der Waals surface area contributed by atoms with E-state index in [1.165, 1.54) is 0 Å². The van der Waals surface area contributed by atoms with E-state index in [0.717, 1.165) is 26.7 Å². The molecule has 96 valence electrons. The number of fused-ring (bicyclic) bond motifs is 1. The first-order chi connectivity index (χ1) is 8.70. The number of aliphatic hydroxyl groups is 2. The highest BCUT2D eigenvalue weighted by atomic mass is 79.9. The molecule has 0 amide bonds. The third kappa shape index (κ3) is 3.45. The Labute approximate surface area is 118 Å². The Morgan fingerprint density at radius 1 is 1.39 bits per heavy atom. The van der Waals surface area contributed by atoms with Crippen molar-refractivity contribution >= 4 is 38.6 Å². The first kappa shape index (κ1) is 13.8. The number of hydrogen-bond donors (Lipinski definition) is 2. The Kier molecular flexibility index (Phi) is 5.00. The summed E-state index contributed by atoms with van der Waals surface area (Å²) in [6, 6.07) is 8.04. The minimum atomic E-state index is -0.652. The summed E-state index contributed by atoms with van der Waals surface area (Å²) in [4.78, 5) is 4.39. The molecule has 1 heterocycles. The van der Waals surface area contributed by atoms with Crippen molar-refractivity contribution in [1.82, 2.24) is 4.98 Å². The van der Waals surface area contributed by atoms with Crippen LogP contribution in [-0.2, 0) is 5.75 Å². The van der Waals surface area contributed by atoms with Gasteiger partial charge in [0.2, 0.25) is 0 Å². The molecule has 0 saturated heterocycles. The number of nitrogens with zero attached hydrogens (tertiary/aromatic N) is 1. The van der Waals surface area contributed by atoms with Gasteiger partial charge in [-0.3, -0.25) is 4.98 Å². The number of benzene rings is 1. The summed E-state index contributed by atoms with van der Waals surface area (Å²) in [5.41, 5.74) is 2.13. The molecule has 0 unspecified atom stereocenters. The Balaban J connectivity index is 2.17. The lowest BCUT2D eigenvalue weighted by Gasteiger charge is -2.09. The van der Waals surface area contributed by atoms with Crippen LogP contribution < -0.4 is 0 Å². The van der Waals surface area contributed by atoms with Crippen molar-refractivity contribution in [1.29, 1.82) is 0 Å². The van der Waals surface area contributed by atoms with Crippen LogP contribution in [-0.4, -0.2) is 33.7 Å². The number of aliphatic hydroxyl groups excluding tert-OH is 2. The fraction of sp³-hybridized carbons (Fsp3) is 0.308. The van der Waals surface area contributed by atoms with Crippen molar-refractivity contribution in [2.24, 2.45) is 0 Å². The van der Waals surface area contributed by atoms with Gasteiger partial charge in [0.1, 0.15) is 0 Å². The molecular weight excluding hydrogens is 314 g/mol. The summed E-state index contributed by atoms with van der Waals surface area (Å²) in [5, 5.41) is 19.2. The zero-order valence-corrected chi connectivity index (χ0v) is 12.1. The number of aromatic nitrogens is 1. The summed E-state index contributed by atoms with van der Waals surface area (Å²) in [6.45, 7) is -0.190. The summed E-state index contributed by atoms with van der Waals surface area (Å²) in [7, 11) is 0. The standard InChI is InChI=1S/C13H14BrNO2S/c14-11-4-9-2-1-3-15-13(9)10(5-11)7-18-8-12(17)6-16/h1-5,12,16-17H,6-8H2/t12-/m0/s1. The first-order valence-electron chi connectivity index (χ1n) is 5.60. The molecule has 0 fully saturated rings. The molecule has 0 saturated carbocycles. The lowest BCUT2D eigenvalue weighted by atomic mass is 10.1. The van der Waals surface area contributed by atoms with Gasteiger partial charge in [0.05, 0.1) is 18.2 Å².